The van der Waals surface area contributed by atoms with Crippen molar-refractivity contribution >= 4 is 23.5 Å². The molecule has 0 bridgehead atoms. The summed E-state index contributed by atoms with van der Waals surface area (Å²) in [7, 11) is 0. The highest BCUT2D eigenvalue weighted by Gasteiger charge is 2.37. The van der Waals surface area contributed by atoms with Crippen LogP contribution in [0.1, 0.15) is 39.5 Å². The van der Waals surface area contributed by atoms with Crippen molar-refractivity contribution < 1.29 is 0 Å². The highest BCUT2D eigenvalue weighted by atomic mass is 32.2. The van der Waals surface area contributed by atoms with Gasteiger partial charge in [-0.2, -0.15) is 0 Å². The van der Waals surface area contributed by atoms with Crippen LogP contribution in [0, 0.1) is 5.92 Å². The zero-order valence-corrected chi connectivity index (χ0v) is 13.4. The molecule has 0 saturated heterocycles. The van der Waals surface area contributed by atoms with E-state index in [9.17, 15) is 0 Å². The molecule has 1 aromatic carbocycles. The van der Waals surface area contributed by atoms with Crippen molar-refractivity contribution in [3.05, 3.63) is 35.9 Å². The van der Waals surface area contributed by atoms with E-state index in [4.69, 9.17) is 0 Å². The van der Waals surface area contributed by atoms with Gasteiger partial charge < -0.3 is 0 Å². The molecule has 1 fully saturated rings. The van der Waals surface area contributed by atoms with E-state index in [1.54, 1.807) is 0 Å². The molecule has 0 amide bonds. The largest absolute Gasteiger partial charge is 0.120 e. The second-order valence-electron chi connectivity index (χ2n) is 5.89. The van der Waals surface area contributed by atoms with Crippen LogP contribution in [0.15, 0.2) is 45.7 Å². The van der Waals surface area contributed by atoms with Crippen molar-refractivity contribution in [2.75, 3.05) is 0 Å². The van der Waals surface area contributed by atoms with Crippen molar-refractivity contribution in [2.24, 2.45) is 5.92 Å². The average Bonchev–Trinajstić information content (AvgIpc) is 2.42. The highest BCUT2D eigenvalue weighted by Crippen LogP contribution is 2.52. The van der Waals surface area contributed by atoms with E-state index in [0.29, 0.717) is 0 Å². The molecule has 1 aliphatic heterocycles. The van der Waals surface area contributed by atoms with Crippen LogP contribution in [0.2, 0.25) is 0 Å². The Hall–Kier alpha value is -0.340. The maximum Gasteiger partial charge on any atom is 0.0248 e. The molecule has 102 valence electrons. The van der Waals surface area contributed by atoms with Crippen LogP contribution in [-0.4, -0.2) is 10.5 Å². The van der Waals surface area contributed by atoms with Gasteiger partial charge in [0.15, 0.2) is 0 Å². The number of hydrogen-bond donors (Lipinski definition) is 0. The Kier molecular flexibility index (Phi) is 4.28. The molecule has 0 spiro atoms. The van der Waals surface area contributed by atoms with E-state index in [-0.39, 0.29) is 0 Å². The quantitative estimate of drug-likeness (QED) is 0.633. The standard InChI is InChI=1S/C17H22S2/c1-12(2)10-11-13-6-5-9-16-17(13)19-15-8-4-3-7-14(15)18-16/h3-4,7-8,10,13,16-17H,5-6,9,11H2,1-2H3. The molecule has 2 aliphatic rings. The van der Waals surface area contributed by atoms with Crippen LogP contribution in [0.3, 0.4) is 0 Å². The molecule has 3 atom stereocenters. The van der Waals surface area contributed by atoms with Crippen molar-refractivity contribution in [1.82, 2.24) is 0 Å². The van der Waals surface area contributed by atoms with Gasteiger partial charge >= 0.3 is 0 Å². The fraction of sp³-hybridized carbons (Fsp3) is 0.529. The van der Waals surface area contributed by atoms with Crippen molar-refractivity contribution in [1.29, 1.82) is 0 Å². The van der Waals surface area contributed by atoms with Crippen molar-refractivity contribution in [2.45, 2.75) is 59.8 Å². The Bertz CT molecular complexity index is 474. The van der Waals surface area contributed by atoms with Crippen LogP contribution in [0.25, 0.3) is 0 Å². The lowest BCUT2D eigenvalue weighted by atomic mass is 9.85. The van der Waals surface area contributed by atoms with Crippen molar-refractivity contribution in [3.63, 3.8) is 0 Å². The summed E-state index contributed by atoms with van der Waals surface area (Å²) in [5.74, 6) is 0.875. The predicted molar refractivity (Wildman–Crippen MR) is 87.1 cm³/mol. The summed E-state index contributed by atoms with van der Waals surface area (Å²) in [6.45, 7) is 4.44. The Morgan fingerprint density at radius 1 is 1.16 bits per heavy atom. The maximum atomic E-state index is 2.44. The third-order valence-electron chi connectivity index (χ3n) is 4.11. The van der Waals surface area contributed by atoms with Gasteiger partial charge in [0.25, 0.3) is 0 Å². The number of rotatable bonds is 2. The van der Waals surface area contributed by atoms with E-state index in [2.05, 4.69) is 67.7 Å². The number of fused-ring (bicyclic) bond motifs is 2. The third-order valence-corrected chi connectivity index (χ3v) is 7.45. The Balaban J connectivity index is 1.79. The van der Waals surface area contributed by atoms with Crippen LogP contribution in [0.4, 0.5) is 0 Å². The molecule has 1 heterocycles. The summed E-state index contributed by atoms with van der Waals surface area (Å²) in [6.07, 6.45) is 7.96. The predicted octanol–water partition coefficient (Wildman–Crippen LogP) is 5.78. The monoisotopic (exact) mass is 290 g/mol. The van der Waals surface area contributed by atoms with Gasteiger partial charge in [-0.3, -0.25) is 0 Å². The minimum absolute atomic E-state index is 0.823. The van der Waals surface area contributed by atoms with Gasteiger partial charge in [-0.05, 0) is 51.2 Å². The zero-order valence-electron chi connectivity index (χ0n) is 11.8. The second-order valence-corrected chi connectivity index (χ2v) is 8.39. The number of allylic oxidation sites excluding steroid dienone is 2. The third kappa shape index (κ3) is 3.05. The fourth-order valence-corrected chi connectivity index (χ4v) is 6.40. The summed E-state index contributed by atoms with van der Waals surface area (Å²) >= 11 is 4.29. The summed E-state index contributed by atoms with van der Waals surface area (Å²) in [4.78, 5) is 3.02. The normalized spacial score (nSPS) is 29.3. The number of benzene rings is 1. The molecule has 1 aliphatic carbocycles. The van der Waals surface area contributed by atoms with Gasteiger partial charge in [0.1, 0.15) is 0 Å². The topological polar surface area (TPSA) is 0 Å². The molecule has 0 N–H and O–H groups in total. The van der Waals surface area contributed by atoms with Crippen molar-refractivity contribution in [3.8, 4) is 0 Å². The molecule has 1 saturated carbocycles. The van der Waals surface area contributed by atoms with Crippen LogP contribution >= 0.6 is 23.5 Å². The number of hydrogen-bond acceptors (Lipinski definition) is 2. The summed E-state index contributed by atoms with van der Waals surface area (Å²) in [6, 6.07) is 8.95. The molecule has 3 unspecified atom stereocenters. The maximum absolute atomic E-state index is 2.44. The second kappa shape index (κ2) is 5.97. The van der Waals surface area contributed by atoms with Crippen LogP contribution < -0.4 is 0 Å². The SMILES string of the molecule is CC(C)=CCC1CCCC2Sc3ccccc3SC12. The molecule has 19 heavy (non-hydrogen) atoms. The van der Waals surface area contributed by atoms with E-state index < -0.39 is 0 Å². The molecule has 1 aromatic rings. The van der Waals surface area contributed by atoms with Crippen LogP contribution in [0.5, 0.6) is 0 Å². The summed E-state index contributed by atoms with van der Waals surface area (Å²) in [5, 5.41) is 1.66. The molecule has 0 nitrogen and oxygen atoms in total. The lowest BCUT2D eigenvalue weighted by Gasteiger charge is -2.40. The minimum atomic E-state index is 0.823. The Morgan fingerprint density at radius 3 is 2.63 bits per heavy atom. The van der Waals surface area contributed by atoms with Gasteiger partial charge in [-0.25, -0.2) is 0 Å². The van der Waals surface area contributed by atoms with E-state index in [1.165, 1.54) is 41.0 Å². The smallest absolute Gasteiger partial charge is 0.0248 e. The average molecular weight is 290 g/mol. The molecular formula is C17H22S2. The lowest BCUT2D eigenvalue weighted by Crippen LogP contribution is -2.34. The fourth-order valence-electron chi connectivity index (χ4n) is 3.11. The summed E-state index contributed by atoms with van der Waals surface area (Å²) in [5.41, 5.74) is 1.47. The Labute approximate surface area is 125 Å². The first-order valence-corrected chi connectivity index (χ1v) is 9.05. The zero-order chi connectivity index (χ0) is 13.2. The first-order chi connectivity index (χ1) is 9.24. The van der Waals surface area contributed by atoms with Gasteiger partial charge in [0.2, 0.25) is 0 Å². The van der Waals surface area contributed by atoms with E-state index in [0.717, 1.165) is 16.4 Å². The minimum Gasteiger partial charge on any atom is -0.120 e. The van der Waals surface area contributed by atoms with Crippen LogP contribution in [-0.2, 0) is 0 Å². The molecule has 2 heteroatoms. The molecule has 0 aromatic heterocycles. The highest BCUT2D eigenvalue weighted by molar-refractivity contribution is 8.06. The first-order valence-electron chi connectivity index (χ1n) is 7.30. The lowest BCUT2D eigenvalue weighted by molar-refractivity contribution is 0.379. The molecular weight excluding hydrogens is 268 g/mol. The molecule has 3 rings (SSSR count). The summed E-state index contributed by atoms with van der Waals surface area (Å²) < 4.78 is 0. The van der Waals surface area contributed by atoms with E-state index >= 15 is 0 Å². The van der Waals surface area contributed by atoms with Gasteiger partial charge in [-0.15, -0.1) is 23.5 Å². The van der Waals surface area contributed by atoms with Gasteiger partial charge in [0, 0.05) is 20.3 Å². The number of thioether (sulfide) groups is 2. The van der Waals surface area contributed by atoms with Gasteiger partial charge in [0.05, 0.1) is 0 Å². The molecule has 0 radical (unpaired) electrons. The van der Waals surface area contributed by atoms with E-state index in [1.807, 2.05) is 0 Å². The first kappa shape index (κ1) is 13.6. The van der Waals surface area contributed by atoms with Gasteiger partial charge in [-0.1, -0.05) is 30.2 Å². The Morgan fingerprint density at radius 2 is 1.89 bits per heavy atom.